The molecule has 0 aliphatic heterocycles. The van der Waals surface area contributed by atoms with Crippen molar-refractivity contribution in [3.8, 4) is 0 Å². The first-order chi connectivity index (χ1) is 7.15. The van der Waals surface area contributed by atoms with Gasteiger partial charge in [0.15, 0.2) is 0 Å². The van der Waals surface area contributed by atoms with Gasteiger partial charge in [0.1, 0.15) is 0 Å². The SMILES string of the molecule is CCC(OC(=O)c1ccccc1)C(=O)[5O]. The van der Waals surface area contributed by atoms with Gasteiger partial charge in [0.05, 0.1) is 5.56 Å². The molecule has 1 aromatic carbocycles. The van der Waals surface area contributed by atoms with E-state index in [1.165, 1.54) is 0 Å². The summed E-state index contributed by atoms with van der Waals surface area (Å²) in [6.07, 6.45) is -0.987. The Labute approximate surface area is 87.5 Å². The van der Waals surface area contributed by atoms with Crippen LogP contribution in [0.3, 0.4) is 0 Å². The fraction of sp³-hybridized carbons (Fsp3) is 0.273. The van der Waals surface area contributed by atoms with Gasteiger partial charge in [-0.15, -0.1) is 0 Å². The van der Waals surface area contributed by atoms with Crippen LogP contribution in [0.5, 0.6) is 0 Å². The number of hydrogen-bond acceptors (Lipinski definition) is 3. The Balaban J connectivity index is 2.67. The number of rotatable bonds is 4. The average molecular weight is 196 g/mol. The van der Waals surface area contributed by atoms with E-state index in [1.807, 2.05) is 0 Å². The van der Waals surface area contributed by atoms with Crippen LogP contribution >= 0.6 is 0 Å². The van der Waals surface area contributed by atoms with E-state index in [0.29, 0.717) is 5.56 Å². The van der Waals surface area contributed by atoms with Gasteiger partial charge in [-0.3, -0.25) is 0 Å². The lowest BCUT2D eigenvalue weighted by molar-refractivity contribution is -0.153. The third-order valence-electron chi connectivity index (χ3n) is 1.89. The van der Waals surface area contributed by atoms with Crippen molar-refractivity contribution in [3.05, 3.63) is 35.9 Å². The highest BCUT2D eigenvalue weighted by Gasteiger charge is 2.22. The number of ether oxygens (including phenoxy) is 1. The van der Waals surface area contributed by atoms with Crippen LogP contribution in [0.1, 0.15) is 23.7 Å². The molecule has 1 radical (unpaired) electrons. The molecule has 79 valence electrons. The zero-order valence-corrected chi connectivity index (χ0v) is 8.30. The van der Waals surface area contributed by atoms with Crippen LogP contribution in [0.15, 0.2) is 30.3 Å². The summed E-state index contributed by atoms with van der Waals surface area (Å²) in [6, 6.07) is 8.23. The Bertz CT molecular complexity index is 345. The molecule has 1 aromatic rings. The quantitative estimate of drug-likeness (QED) is 0.687. The first-order valence-corrected chi connectivity index (χ1v) is 4.62. The van der Waals surface area contributed by atoms with Crippen molar-refractivity contribution in [2.45, 2.75) is 19.4 Å². The maximum Gasteiger partial charge on any atom is 0.395 e. The normalized spacial score (nSPS) is 11.8. The summed E-state index contributed by atoms with van der Waals surface area (Å²) < 4.78 is 4.75. The predicted molar refractivity (Wildman–Crippen MR) is 51.6 cm³/mol. The Kier molecular flexibility index (Phi) is 3.85. The van der Waals surface area contributed by atoms with Crippen molar-refractivity contribution in [3.63, 3.8) is 0 Å². The van der Waals surface area contributed by atoms with Crippen molar-refractivity contribution < 1.29 is 19.4 Å². The van der Waals surface area contributed by atoms with E-state index in [-0.39, 0.29) is 6.42 Å². The highest BCUT2D eigenvalue weighted by Crippen LogP contribution is 2.06. The summed E-state index contributed by atoms with van der Waals surface area (Å²) in [4.78, 5) is 21.9. The molecule has 0 aromatic heterocycles. The summed E-state index contributed by atoms with van der Waals surface area (Å²) in [5.41, 5.74) is 0.331. The second-order valence-corrected chi connectivity index (χ2v) is 2.99. The van der Waals surface area contributed by atoms with Gasteiger partial charge < -0.3 is 4.74 Å². The Morgan fingerprint density at radius 2 is 1.93 bits per heavy atom. The highest BCUT2D eigenvalue weighted by atomic mass is 16.5. The fourth-order valence-electron chi connectivity index (χ4n) is 1.07. The number of carbonyl (C=O) groups is 2. The lowest BCUT2D eigenvalue weighted by Gasteiger charge is -2.09. The molecule has 0 aliphatic rings. The molecular formula is C11H11O4. The zero-order valence-electron chi connectivity index (χ0n) is 8.30. The van der Waals surface area contributed by atoms with E-state index < -0.39 is 18.0 Å². The van der Waals surface area contributed by atoms with Crippen molar-refractivity contribution in [2.75, 3.05) is 0 Å². The van der Waals surface area contributed by atoms with Gasteiger partial charge in [-0.2, -0.15) is 0 Å². The van der Waals surface area contributed by atoms with Crippen molar-refractivity contribution >= 4 is 11.9 Å². The lowest BCUT2D eigenvalue weighted by Crippen LogP contribution is -2.25. The molecule has 0 bridgehead atoms. The minimum absolute atomic E-state index is 0.195. The highest BCUT2D eigenvalue weighted by molar-refractivity contribution is 5.91. The molecule has 4 nitrogen and oxygen atoms in total. The van der Waals surface area contributed by atoms with Crippen LogP contribution in [0.25, 0.3) is 0 Å². The van der Waals surface area contributed by atoms with E-state index in [9.17, 15) is 14.7 Å². The smallest absolute Gasteiger partial charge is 0.395 e. The monoisotopic (exact) mass is 196 g/mol. The lowest BCUT2D eigenvalue weighted by atomic mass is 4.86. The molecule has 1 unspecified atom stereocenters. The first kappa shape index (κ1) is 11.2. The van der Waals surface area contributed by atoms with Gasteiger partial charge in [0.2, 0.25) is 6.10 Å². The second kappa shape index (κ2) is 5.14. The fourth-order valence-corrected chi connectivity index (χ4v) is 1.07. The third kappa shape index (κ3) is 3.09. The largest absolute Gasteiger partial charge is 0.447 e. The van der Waals surface area contributed by atoms with E-state index in [0.717, 1.165) is 0 Å². The van der Waals surface area contributed by atoms with Crippen LogP contribution in [0.2, 0.25) is 0 Å². The Morgan fingerprint density at radius 1 is 1.33 bits per heavy atom. The molecule has 15 heavy (non-hydrogen) atoms. The standard InChI is InChI=1S/C11H11O4/c1-2-9(10(12)13)15-11(14)8-6-4-3-5-7-8/h3-7,9H,2H2,1H3/i12-11. The molecule has 0 N–H and O–H groups in total. The van der Waals surface area contributed by atoms with Crippen LogP contribution in [-0.2, 0) is 14.6 Å². The van der Waals surface area contributed by atoms with Crippen molar-refractivity contribution in [1.82, 2.24) is 0 Å². The minimum atomic E-state index is -1.37. The second-order valence-electron chi connectivity index (χ2n) is 2.99. The summed E-state index contributed by atoms with van der Waals surface area (Å²) in [6.45, 7) is 1.61. The number of carbonyl (C=O) groups excluding carboxylic acids is 2. The number of hydrogen-bond donors (Lipinski definition) is 0. The number of benzene rings is 1. The predicted octanol–water partition coefficient (Wildman–Crippen LogP) is 1.58. The van der Waals surface area contributed by atoms with Crippen LogP contribution in [-0.4, -0.2) is 18.0 Å². The van der Waals surface area contributed by atoms with E-state index >= 15 is 0 Å². The van der Waals surface area contributed by atoms with Gasteiger partial charge in [0, 0.05) is 0 Å². The van der Waals surface area contributed by atoms with Crippen molar-refractivity contribution in [2.24, 2.45) is 0 Å². The summed E-state index contributed by atoms with van der Waals surface area (Å²) in [5.74, 6) is -2.02. The average Bonchev–Trinajstić information content (AvgIpc) is 2.26. The first-order valence-electron chi connectivity index (χ1n) is 4.62. The Morgan fingerprint density at radius 3 is 2.40 bits per heavy atom. The minimum Gasteiger partial charge on any atom is -0.447 e. The van der Waals surface area contributed by atoms with Crippen LogP contribution < -0.4 is 0 Å². The molecule has 0 aliphatic carbocycles. The van der Waals surface area contributed by atoms with Crippen LogP contribution in [0.4, 0.5) is 0 Å². The van der Waals surface area contributed by atoms with Gasteiger partial charge >= 0.3 is 11.9 Å². The molecule has 0 fully saturated rings. The molecule has 0 spiro atoms. The van der Waals surface area contributed by atoms with E-state index in [2.05, 4.69) is 0 Å². The number of esters is 1. The van der Waals surface area contributed by atoms with Gasteiger partial charge in [0.25, 0.3) is 0 Å². The maximum absolute atomic E-state index is 11.4. The molecule has 4 heteroatoms. The topological polar surface area (TPSA) is 63.3 Å². The van der Waals surface area contributed by atoms with Gasteiger partial charge in [-0.25, -0.2) is 14.7 Å². The maximum atomic E-state index is 11.4. The third-order valence-corrected chi connectivity index (χ3v) is 1.89. The van der Waals surface area contributed by atoms with Gasteiger partial charge in [-0.1, -0.05) is 25.1 Å². The molecule has 0 saturated carbocycles. The summed E-state index contributed by atoms with van der Waals surface area (Å²) in [7, 11) is 0. The molecule has 1 atom stereocenters. The molecule has 0 amide bonds. The van der Waals surface area contributed by atoms with E-state index in [1.54, 1.807) is 37.3 Å². The molecule has 0 saturated heterocycles. The molecular weight excluding hydrogens is 185 g/mol. The zero-order chi connectivity index (χ0) is 11.3. The Hall–Kier alpha value is -1.84. The van der Waals surface area contributed by atoms with Crippen LogP contribution in [0, 0.1) is 0 Å². The van der Waals surface area contributed by atoms with Gasteiger partial charge in [-0.05, 0) is 18.6 Å². The summed E-state index contributed by atoms with van der Waals surface area (Å²) >= 11 is 0. The molecule has 1 rings (SSSR count). The van der Waals surface area contributed by atoms with E-state index in [4.69, 9.17) is 4.74 Å². The van der Waals surface area contributed by atoms with Crippen molar-refractivity contribution in [1.29, 1.82) is 0 Å². The summed E-state index contributed by atoms with van der Waals surface area (Å²) in [5, 5.41) is 10.5. The molecule has 0 heterocycles.